The summed E-state index contributed by atoms with van der Waals surface area (Å²) in [5.41, 5.74) is -0.742. The first-order valence-electron chi connectivity index (χ1n) is 8.35. The number of pyridine rings is 1. The van der Waals surface area contributed by atoms with Crippen molar-refractivity contribution in [3.63, 3.8) is 0 Å². The molecule has 0 aliphatic carbocycles. The number of halogens is 4. The van der Waals surface area contributed by atoms with Crippen LogP contribution in [0.5, 0.6) is 0 Å². The molecule has 1 saturated heterocycles. The first kappa shape index (κ1) is 21.7. The molecular weight excluding hydrogens is 387 g/mol. The van der Waals surface area contributed by atoms with Gasteiger partial charge in [0, 0.05) is 26.4 Å². The number of likely N-dealkylation sites (tertiary alicyclic amines) is 1. The largest absolute Gasteiger partial charge is 0.444 e. The first-order chi connectivity index (χ1) is 12.4. The zero-order valence-corrected chi connectivity index (χ0v) is 16.3. The lowest BCUT2D eigenvalue weighted by atomic mass is 10.1. The molecule has 152 valence electrons. The molecule has 3 atom stereocenters. The van der Waals surface area contributed by atoms with Crippen molar-refractivity contribution in [2.45, 2.75) is 50.7 Å². The maximum atomic E-state index is 13.7. The van der Waals surface area contributed by atoms with Gasteiger partial charge in [-0.05, 0) is 32.4 Å². The van der Waals surface area contributed by atoms with Crippen molar-refractivity contribution in [1.29, 1.82) is 0 Å². The summed E-state index contributed by atoms with van der Waals surface area (Å²) in [5, 5.41) is 2.71. The lowest BCUT2D eigenvalue weighted by Crippen LogP contribution is -2.46. The Hall–Kier alpha value is -1.58. The van der Waals surface area contributed by atoms with Gasteiger partial charge in [0.2, 0.25) is 0 Å². The zero-order chi connectivity index (χ0) is 20.4. The standard InChI is InChI=1S/C17H23ClF3N3O3/c1-16(2,3)27-15(25)23-11-8-24(9-12(11)26-4)14(17(19,20)21)10-5-6-13(18)22-7-10/h5-7,11-12,14H,8-9H2,1-4H3,(H,23,25)/t11-,12-,14-/m1/s1. The SMILES string of the molecule is CO[C@@H]1CN([C@H](c2ccc(Cl)nc2)C(F)(F)F)C[C@H]1NC(=O)OC(C)(C)C. The van der Waals surface area contributed by atoms with E-state index in [2.05, 4.69) is 10.3 Å². The minimum atomic E-state index is -4.53. The van der Waals surface area contributed by atoms with E-state index in [1.54, 1.807) is 20.8 Å². The van der Waals surface area contributed by atoms with Crippen LogP contribution in [0.15, 0.2) is 18.3 Å². The molecule has 2 rings (SSSR count). The number of nitrogens with zero attached hydrogens (tertiary/aromatic N) is 2. The molecular formula is C17H23ClF3N3O3. The van der Waals surface area contributed by atoms with Crippen molar-refractivity contribution in [3.05, 3.63) is 29.0 Å². The van der Waals surface area contributed by atoms with E-state index in [4.69, 9.17) is 21.1 Å². The van der Waals surface area contributed by atoms with Gasteiger partial charge in [-0.1, -0.05) is 17.7 Å². The summed E-state index contributed by atoms with van der Waals surface area (Å²) in [6.45, 7) is 5.05. The van der Waals surface area contributed by atoms with Crippen molar-refractivity contribution in [2.75, 3.05) is 20.2 Å². The molecule has 10 heteroatoms. The molecule has 1 fully saturated rings. The van der Waals surface area contributed by atoms with Crippen LogP contribution in [0.2, 0.25) is 5.15 Å². The average Bonchev–Trinajstić information content (AvgIpc) is 2.88. The van der Waals surface area contributed by atoms with Gasteiger partial charge in [-0.15, -0.1) is 0 Å². The fourth-order valence-corrected chi connectivity index (χ4v) is 3.12. The summed E-state index contributed by atoms with van der Waals surface area (Å²) in [6.07, 6.45) is -4.73. The second-order valence-corrected chi connectivity index (χ2v) is 7.73. The summed E-state index contributed by atoms with van der Waals surface area (Å²) in [6, 6.07) is 0.0835. The van der Waals surface area contributed by atoms with Crippen molar-refractivity contribution >= 4 is 17.7 Å². The third-order valence-electron chi connectivity index (χ3n) is 4.04. The van der Waals surface area contributed by atoms with Gasteiger partial charge in [0.1, 0.15) is 16.8 Å². The van der Waals surface area contributed by atoms with Crippen LogP contribution in [-0.2, 0) is 9.47 Å². The highest BCUT2D eigenvalue weighted by Crippen LogP contribution is 2.39. The zero-order valence-electron chi connectivity index (χ0n) is 15.5. The molecule has 0 radical (unpaired) electrons. The number of hydrogen-bond acceptors (Lipinski definition) is 5. The predicted octanol–water partition coefficient (Wildman–Crippen LogP) is 3.56. The summed E-state index contributed by atoms with van der Waals surface area (Å²) >= 11 is 5.68. The molecule has 0 unspecified atom stereocenters. The molecule has 1 aliphatic rings. The molecule has 27 heavy (non-hydrogen) atoms. The first-order valence-corrected chi connectivity index (χ1v) is 8.73. The number of carbonyl (C=O) groups excluding carboxylic acids is 1. The van der Waals surface area contributed by atoms with Gasteiger partial charge in [0.05, 0.1) is 12.1 Å². The van der Waals surface area contributed by atoms with E-state index in [0.717, 1.165) is 6.20 Å². The monoisotopic (exact) mass is 409 g/mol. The minimum Gasteiger partial charge on any atom is -0.444 e. The number of carbonyl (C=O) groups is 1. The van der Waals surface area contributed by atoms with Crippen LogP contribution in [0.4, 0.5) is 18.0 Å². The van der Waals surface area contributed by atoms with Crippen LogP contribution >= 0.6 is 11.6 Å². The van der Waals surface area contributed by atoms with Gasteiger partial charge in [-0.2, -0.15) is 13.2 Å². The normalized spacial score (nSPS) is 22.5. The topological polar surface area (TPSA) is 63.7 Å². The number of ether oxygens (including phenoxy) is 2. The van der Waals surface area contributed by atoms with E-state index in [0.29, 0.717) is 0 Å². The summed E-state index contributed by atoms with van der Waals surface area (Å²) in [4.78, 5) is 17.0. The minimum absolute atomic E-state index is 0.0102. The molecule has 0 spiro atoms. The van der Waals surface area contributed by atoms with Crippen molar-refractivity contribution in [3.8, 4) is 0 Å². The third kappa shape index (κ3) is 5.95. The van der Waals surface area contributed by atoms with Gasteiger partial charge < -0.3 is 14.8 Å². The Morgan fingerprint density at radius 3 is 2.48 bits per heavy atom. The van der Waals surface area contributed by atoms with Gasteiger partial charge in [0.15, 0.2) is 0 Å². The number of methoxy groups -OCH3 is 1. The van der Waals surface area contributed by atoms with Crippen LogP contribution < -0.4 is 5.32 Å². The second kappa shape index (κ2) is 8.20. The van der Waals surface area contributed by atoms with Crippen LogP contribution in [-0.4, -0.2) is 60.1 Å². The highest BCUT2D eigenvalue weighted by Gasteiger charge is 2.49. The van der Waals surface area contributed by atoms with E-state index in [-0.39, 0.29) is 23.8 Å². The average molecular weight is 410 g/mol. The number of nitrogens with one attached hydrogen (secondary N) is 1. The summed E-state index contributed by atoms with van der Waals surface area (Å²) in [5.74, 6) is 0. The Morgan fingerprint density at radius 1 is 1.33 bits per heavy atom. The van der Waals surface area contributed by atoms with Crippen LogP contribution in [0.3, 0.4) is 0 Å². The van der Waals surface area contributed by atoms with Crippen molar-refractivity contribution in [2.24, 2.45) is 0 Å². The predicted molar refractivity (Wildman–Crippen MR) is 93.6 cm³/mol. The van der Waals surface area contributed by atoms with Gasteiger partial charge in [0.25, 0.3) is 0 Å². The van der Waals surface area contributed by atoms with Crippen LogP contribution in [0, 0.1) is 0 Å². The smallest absolute Gasteiger partial charge is 0.408 e. The number of alkyl carbamates (subject to hydrolysis) is 1. The Bertz CT molecular complexity index is 650. The lowest BCUT2D eigenvalue weighted by Gasteiger charge is -2.29. The number of alkyl halides is 3. The molecule has 0 bridgehead atoms. The van der Waals surface area contributed by atoms with E-state index in [9.17, 15) is 18.0 Å². The molecule has 1 N–H and O–H groups in total. The molecule has 1 aromatic rings. The maximum absolute atomic E-state index is 13.7. The summed E-state index contributed by atoms with van der Waals surface area (Å²) in [7, 11) is 1.39. The number of hydrogen-bond donors (Lipinski definition) is 1. The van der Waals surface area contributed by atoms with Crippen LogP contribution in [0.25, 0.3) is 0 Å². The second-order valence-electron chi connectivity index (χ2n) is 7.34. The lowest BCUT2D eigenvalue weighted by molar-refractivity contribution is -0.184. The van der Waals surface area contributed by atoms with E-state index >= 15 is 0 Å². The van der Waals surface area contributed by atoms with Gasteiger partial charge in [-0.25, -0.2) is 9.78 Å². The fourth-order valence-electron chi connectivity index (χ4n) is 3.01. The highest BCUT2D eigenvalue weighted by molar-refractivity contribution is 6.29. The molecule has 6 nitrogen and oxygen atoms in total. The molecule has 2 heterocycles. The summed E-state index contributed by atoms with van der Waals surface area (Å²) < 4.78 is 51.7. The molecule has 1 amide bonds. The third-order valence-corrected chi connectivity index (χ3v) is 4.26. The number of amides is 1. The van der Waals surface area contributed by atoms with Crippen LogP contribution in [0.1, 0.15) is 32.4 Å². The molecule has 0 aromatic carbocycles. The molecule has 0 saturated carbocycles. The van der Waals surface area contributed by atoms with Gasteiger partial charge >= 0.3 is 12.3 Å². The number of aromatic nitrogens is 1. The molecule has 1 aromatic heterocycles. The Labute approximate surface area is 161 Å². The van der Waals surface area contributed by atoms with Crippen molar-refractivity contribution in [1.82, 2.24) is 15.2 Å². The maximum Gasteiger partial charge on any atom is 0.408 e. The van der Waals surface area contributed by atoms with E-state index < -0.39 is 36.1 Å². The number of rotatable bonds is 4. The van der Waals surface area contributed by atoms with E-state index in [1.165, 1.54) is 24.1 Å². The highest BCUT2D eigenvalue weighted by atomic mass is 35.5. The fraction of sp³-hybridized carbons (Fsp3) is 0.647. The Kier molecular flexibility index (Phi) is 6.59. The Balaban J connectivity index is 2.18. The quantitative estimate of drug-likeness (QED) is 0.770. The van der Waals surface area contributed by atoms with E-state index in [1.807, 2.05) is 0 Å². The van der Waals surface area contributed by atoms with Crippen molar-refractivity contribution < 1.29 is 27.4 Å². The van der Waals surface area contributed by atoms with Gasteiger partial charge in [-0.3, -0.25) is 4.90 Å². The Morgan fingerprint density at radius 2 is 2.00 bits per heavy atom. The molecule has 1 aliphatic heterocycles.